The average Bonchev–Trinajstić information content (AvgIpc) is 3.50. The molecule has 5 heteroatoms. The Hall–Kier alpha value is -2.95. The summed E-state index contributed by atoms with van der Waals surface area (Å²) in [6, 6.07) is 12.4. The van der Waals surface area contributed by atoms with Gasteiger partial charge in [-0.15, -0.1) is 0 Å². The predicted octanol–water partition coefficient (Wildman–Crippen LogP) is 4.22. The van der Waals surface area contributed by atoms with Crippen molar-refractivity contribution >= 4 is 5.82 Å². The number of pyridine rings is 1. The van der Waals surface area contributed by atoms with Crippen LogP contribution >= 0.6 is 0 Å². The lowest BCUT2D eigenvalue weighted by Gasteiger charge is -2.37. The molecule has 1 spiro atoms. The Balaban J connectivity index is 1.58. The van der Waals surface area contributed by atoms with E-state index in [-0.39, 0.29) is 5.41 Å². The molecule has 2 aliphatic rings. The summed E-state index contributed by atoms with van der Waals surface area (Å²) in [5.41, 5.74) is 6.04. The molecule has 3 heterocycles. The maximum Gasteiger partial charge on any atom is 0.180 e. The van der Waals surface area contributed by atoms with E-state index in [1.807, 2.05) is 18.2 Å². The first kappa shape index (κ1) is 17.2. The second-order valence-electron chi connectivity index (χ2n) is 7.96. The first-order valence-electron chi connectivity index (χ1n) is 9.79. The number of fused-ring (bicyclic) bond motifs is 2. The van der Waals surface area contributed by atoms with Gasteiger partial charge in [0.15, 0.2) is 5.82 Å². The molecule has 0 N–H and O–H groups in total. The lowest BCUT2D eigenvalue weighted by Crippen LogP contribution is -2.39. The summed E-state index contributed by atoms with van der Waals surface area (Å²) >= 11 is 0. The normalized spacial score (nSPS) is 16.8. The number of ether oxygens (including phenoxy) is 1. The Morgan fingerprint density at radius 1 is 1.07 bits per heavy atom. The molecule has 5 rings (SSSR count). The smallest absolute Gasteiger partial charge is 0.180 e. The van der Waals surface area contributed by atoms with Crippen molar-refractivity contribution in [2.45, 2.75) is 38.6 Å². The summed E-state index contributed by atoms with van der Waals surface area (Å²) in [7, 11) is 1.74. The molecule has 0 atom stereocenters. The van der Waals surface area contributed by atoms with Gasteiger partial charge in [0.05, 0.1) is 7.11 Å². The highest BCUT2D eigenvalue weighted by molar-refractivity contribution is 5.60. The molecule has 0 unspecified atom stereocenters. The van der Waals surface area contributed by atoms with Crippen LogP contribution in [0.15, 0.2) is 42.6 Å². The second kappa shape index (κ2) is 6.30. The fourth-order valence-electron chi connectivity index (χ4n) is 4.29. The van der Waals surface area contributed by atoms with Crippen LogP contribution in [0, 0.1) is 13.8 Å². The topological polar surface area (TPSA) is 51.1 Å². The molecule has 1 saturated carbocycles. The van der Waals surface area contributed by atoms with Crippen molar-refractivity contribution in [3.63, 3.8) is 0 Å². The number of hydrogen-bond donors (Lipinski definition) is 0. The average molecular weight is 372 g/mol. The first-order chi connectivity index (χ1) is 13.6. The van der Waals surface area contributed by atoms with Gasteiger partial charge in [-0.25, -0.2) is 9.97 Å². The fourth-order valence-corrected chi connectivity index (χ4v) is 4.29. The van der Waals surface area contributed by atoms with Crippen molar-refractivity contribution in [1.82, 2.24) is 15.0 Å². The molecule has 3 aromatic rings. The number of aromatic nitrogens is 3. The zero-order valence-corrected chi connectivity index (χ0v) is 16.6. The molecule has 0 bridgehead atoms. The number of methoxy groups -OCH3 is 1. The quantitative estimate of drug-likeness (QED) is 0.689. The number of benzene rings is 1. The monoisotopic (exact) mass is 372 g/mol. The third-order valence-corrected chi connectivity index (χ3v) is 6.15. The van der Waals surface area contributed by atoms with Gasteiger partial charge in [-0.1, -0.05) is 12.1 Å². The van der Waals surface area contributed by atoms with E-state index in [1.165, 1.54) is 24.0 Å². The zero-order chi connectivity index (χ0) is 19.3. The van der Waals surface area contributed by atoms with Gasteiger partial charge in [0, 0.05) is 36.0 Å². The van der Waals surface area contributed by atoms with E-state index in [1.54, 1.807) is 13.3 Å². The van der Waals surface area contributed by atoms with E-state index in [0.717, 1.165) is 41.6 Å². The van der Waals surface area contributed by atoms with Crippen molar-refractivity contribution < 1.29 is 4.74 Å². The molecule has 0 saturated heterocycles. The summed E-state index contributed by atoms with van der Waals surface area (Å²) < 4.78 is 5.47. The number of nitrogens with zero attached hydrogens (tertiary/aromatic N) is 4. The third-order valence-electron chi connectivity index (χ3n) is 6.15. The van der Waals surface area contributed by atoms with E-state index in [0.29, 0.717) is 5.82 Å². The summed E-state index contributed by atoms with van der Waals surface area (Å²) in [6.07, 6.45) is 4.23. The Labute approximate surface area is 165 Å². The first-order valence-corrected chi connectivity index (χ1v) is 9.79. The number of hydrogen-bond acceptors (Lipinski definition) is 5. The largest absolute Gasteiger partial charge is 0.497 e. The Kier molecular flexibility index (Phi) is 3.86. The van der Waals surface area contributed by atoms with Gasteiger partial charge in [0.2, 0.25) is 0 Å². The van der Waals surface area contributed by atoms with Crippen LogP contribution in [0.1, 0.15) is 35.2 Å². The molecule has 1 fully saturated rings. The highest BCUT2D eigenvalue weighted by Crippen LogP contribution is 2.53. The highest BCUT2D eigenvalue weighted by Gasteiger charge is 2.49. The van der Waals surface area contributed by atoms with Crippen molar-refractivity contribution in [1.29, 1.82) is 0 Å². The predicted molar refractivity (Wildman–Crippen MR) is 110 cm³/mol. The minimum atomic E-state index is 0.235. The second-order valence-corrected chi connectivity index (χ2v) is 7.96. The van der Waals surface area contributed by atoms with Gasteiger partial charge in [-0.05, 0) is 62.1 Å². The summed E-state index contributed by atoms with van der Waals surface area (Å²) in [4.78, 5) is 16.5. The van der Waals surface area contributed by atoms with Gasteiger partial charge in [-0.2, -0.15) is 0 Å². The molecule has 28 heavy (non-hydrogen) atoms. The lowest BCUT2D eigenvalue weighted by atomic mass is 9.86. The minimum absolute atomic E-state index is 0.235. The van der Waals surface area contributed by atoms with Gasteiger partial charge in [-0.3, -0.25) is 4.98 Å². The van der Waals surface area contributed by atoms with Crippen molar-refractivity contribution in [3.8, 4) is 17.3 Å². The molecule has 0 radical (unpaired) electrons. The molecule has 2 aromatic heterocycles. The molecule has 5 nitrogen and oxygen atoms in total. The van der Waals surface area contributed by atoms with E-state index in [4.69, 9.17) is 14.7 Å². The SMILES string of the molecule is COc1ccc2c(c1)C1(CC1)CN(c1nc(-c3ccccn3)nc(C)c1C)C2. The van der Waals surface area contributed by atoms with E-state index in [2.05, 4.69) is 41.9 Å². The summed E-state index contributed by atoms with van der Waals surface area (Å²) in [5.74, 6) is 2.68. The third kappa shape index (κ3) is 2.73. The standard InChI is InChI=1S/C23H24N4O/c1-15-16(2)25-21(20-6-4-5-11-24-20)26-22(15)27-13-17-7-8-18(28-3)12-19(17)23(14-27)9-10-23/h4-8,11-12H,9-10,13-14H2,1-3H3. The maximum absolute atomic E-state index is 5.47. The summed E-state index contributed by atoms with van der Waals surface area (Å²) in [5, 5.41) is 0. The minimum Gasteiger partial charge on any atom is -0.497 e. The fraction of sp³-hybridized carbons (Fsp3) is 0.348. The van der Waals surface area contributed by atoms with Crippen LogP contribution in [0.3, 0.4) is 0 Å². The molecule has 1 aliphatic carbocycles. The van der Waals surface area contributed by atoms with Gasteiger partial charge in [0.1, 0.15) is 17.3 Å². The molecule has 142 valence electrons. The van der Waals surface area contributed by atoms with Gasteiger partial charge >= 0.3 is 0 Å². The maximum atomic E-state index is 5.47. The molecule has 1 aliphatic heterocycles. The number of aryl methyl sites for hydroxylation is 1. The van der Waals surface area contributed by atoms with Gasteiger partial charge < -0.3 is 9.64 Å². The van der Waals surface area contributed by atoms with Crippen LogP contribution in [0.25, 0.3) is 11.5 Å². The number of rotatable bonds is 3. The van der Waals surface area contributed by atoms with Crippen molar-refractivity contribution in [3.05, 3.63) is 65.0 Å². The molecular weight excluding hydrogens is 348 g/mol. The van der Waals surface area contributed by atoms with Crippen LogP contribution in [0.2, 0.25) is 0 Å². The van der Waals surface area contributed by atoms with Crippen LogP contribution in [-0.4, -0.2) is 28.6 Å². The molecule has 0 amide bonds. The van der Waals surface area contributed by atoms with Crippen LogP contribution in [0.4, 0.5) is 5.82 Å². The lowest BCUT2D eigenvalue weighted by molar-refractivity contribution is 0.412. The highest BCUT2D eigenvalue weighted by atomic mass is 16.5. The number of anilines is 1. The van der Waals surface area contributed by atoms with Crippen LogP contribution in [0.5, 0.6) is 5.75 Å². The Morgan fingerprint density at radius 2 is 1.93 bits per heavy atom. The Bertz CT molecular complexity index is 1040. The van der Waals surface area contributed by atoms with E-state index >= 15 is 0 Å². The molecular formula is C23H24N4O. The van der Waals surface area contributed by atoms with Gasteiger partial charge in [0.25, 0.3) is 0 Å². The van der Waals surface area contributed by atoms with Crippen molar-refractivity contribution in [2.24, 2.45) is 0 Å². The van der Waals surface area contributed by atoms with E-state index in [9.17, 15) is 0 Å². The summed E-state index contributed by atoms with van der Waals surface area (Å²) in [6.45, 7) is 6.03. The van der Waals surface area contributed by atoms with Crippen LogP contribution in [-0.2, 0) is 12.0 Å². The van der Waals surface area contributed by atoms with Crippen LogP contribution < -0.4 is 9.64 Å². The van der Waals surface area contributed by atoms with E-state index < -0.39 is 0 Å². The van der Waals surface area contributed by atoms with Crippen molar-refractivity contribution in [2.75, 3.05) is 18.6 Å². The Morgan fingerprint density at radius 3 is 2.64 bits per heavy atom. The zero-order valence-electron chi connectivity index (χ0n) is 16.6. The molecule has 1 aromatic carbocycles.